The molecule has 1 unspecified atom stereocenters. The predicted octanol–water partition coefficient (Wildman–Crippen LogP) is 2.14. The lowest BCUT2D eigenvalue weighted by Gasteiger charge is -2.11. The highest BCUT2D eigenvalue weighted by Gasteiger charge is 2.01. The average Bonchev–Trinajstić information content (AvgIpc) is 2.19. The van der Waals surface area contributed by atoms with Gasteiger partial charge in [-0.15, -0.1) is 0 Å². The van der Waals surface area contributed by atoms with Gasteiger partial charge >= 0.3 is 0 Å². The van der Waals surface area contributed by atoms with E-state index in [0.717, 1.165) is 23.6 Å². The van der Waals surface area contributed by atoms with Gasteiger partial charge < -0.3 is 11.1 Å². The number of nitrogens with one attached hydrogen (secondary N) is 1. The summed E-state index contributed by atoms with van der Waals surface area (Å²) in [5.74, 6) is 0.901. The quantitative estimate of drug-likeness (QED) is 0.801. The number of nitrogen functional groups attached to an aromatic ring is 1. The van der Waals surface area contributed by atoms with Crippen molar-refractivity contribution in [1.29, 1.82) is 0 Å². The van der Waals surface area contributed by atoms with Gasteiger partial charge in [-0.05, 0) is 24.8 Å². The Hall–Kier alpha value is -0.900. The number of hydrogen-bond acceptors (Lipinski definition) is 4. The zero-order valence-electron chi connectivity index (χ0n) is 8.87. The molecule has 0 aliphatic heterocycles. The molecule has 1 rings (SSSR count). The van der Waals surface area contributed by atoms with Crippen LogP contribution in [0.3, 0.4) is 0 Å². The van der Waals surface area contributed by atoms with E-state index in [0.29, 0.717) is 5.25 Å². The lowest BCUT2D eigenvalue weighted by molar-refractivity contribution is 0.991. The first-order chi connectivity index (χ1) is 6.63. The van der Waals surface area contributed by atoms with Gasteiger partial charge in [0.25, 0.3) is 0 Å². The summed E-state index contributed by atoms with van der Waals surface area (Å²) < 4.78 is 0. The number of nitrogens with zero attached hydrogens (tertiary/aromatic N) is 1. The molecule has 0 aliphatic carbocycles. The fourth-order valence-electron chi connectivity index (χ4n) is 0.995. The smallest absolute Gasteiger partial charge is 0.126 e. The molecule has 1 atom stereocenters. The van der Waals surface area contributed by atoms with Crippen LogP contribution in [0.1, 0.15) is 12.5 Å². The molecule has 0 saturated heterocycles. The Morgan fingerprint density at radius 1 is 1.64 bits per heavy atom. The van der Waals surface area contributed by atoms with E-state index in [1.54, 1.807) is 6.20 Å². The second-order valence-electron chi connectivity index (χ2n) is 3.35. The van der Waals surface area contributed by atoms with E-state index >= 15 is 0 Å². The van der Waals surface area contributed by atoms with Crippen molar-refractivity contribution in [3.05, 3.63) is 17.8 Å². The highest BCUT2D eigenvalue weighted by molar-refractivity contribution is 7.99. The van der Waals surface area contributed by atoms with Crippen molar-refractivity contribution in [1.82, 2.24) is 4.98 Å². The highest BCUT2D eigenvalue weighted by atomic mass is 32.2. The van der Waals surface area contributed by atoms with Gasteiger partial charge in [-0.25, -0.2) is 4.98 Å². The molecule has 0 radical (unpaired) electrons. The Kier molecular flexibility index (Phi) is 4.07. The summed E-state index contributed by atoms with van der Waals surface area (Å²) >= 11 is 1.84. The van der Waals surface area contributed by atoms with Crippen LogP contribution in [-0.4, -0.2) is 23.0 Å². The summed E-state index contributed by atoms with van der Waals surface area (Å²) in [5, 5.41) is 3.87. The van der Waals surface area contributed by atoms with E-state index in [2.05, 4.69) is 23.5 Å². The van der Waals surface area contributed by atoms with Crippen molar-refractivity contribution in [2.45, 2.75) is 19.1 Å². The standard InChI is InChI=1S/C10H17N3S/c1-7-4-10(13-6-9(7)11)12-5-8(2)14-3/h4,6,8H,5,11H2,1-3H3,(H,12,13). The first kappa shape index (κ1) is 11.2. The Labute approximate surface area is 89.5 Å². The van der Waals surface area contributed by atoms with Crippen LogP contribution in [-0.2, 0) is 0 Å². The third kappa shape index (κ3) is 3.10. The topological polar surface area (TPSA) is 50.9 Å². The molecule has 14 heavy (non-hydrogen) atoms. The Morgan fingerprint density at radius 2 is 2.36 bits per heavy atom. The SMILES string of the molecule is CSC(C)CNc1cc(C)c(N)cn1. The van der Waals surface area contributed by atoms with Crippen molar-refractivity contribution in [2.75, 3.05) is 23.9 Å². The second kappa shape index (κ2) is 5.10. The molecule has 3 N–H and O–H groups in total. The zero-order valence-corrected chi connectivity index (χ0v) is 9.69. The van der Waals surface area contributed by atoms with Crippen LogP contribution in [0.15, 0.2) is 12.3 Å². The van der Waals surface area contributed by atoms with Crippen LogP contribution >= 0.6 is 11.8 Å². The summed E-state index contributed by atoms with van der Waals surface area (Å²) in [4.78, 5) is 4.20. The first-order valence-electron chi connectivity index (χ1n) is 4.62. The molecule has 0 fully saturated rings. The summed E-state index contributed by atoms with van der Waals surface area (Å²) in [7, 11) is 0. The third-order valence-corrected chi connectivity index (χ3v) is 3.10. The number of pyridine rings is 1. The number of nitrogens with two attached hydrogens (primary N) is 1. The first-order valence-corrected chi connectivity index (χ1v) is 5.91. The monoisotopic (exact) mass is 211 g/mol. The van der Waals surface area contributed by atoms with Gasteiger partial charge in [0.15, 0.2) is 0 Å². The number of hydrogen-bond donors (Lipinski definition) is 2. The van der Waals surface area contributed by atoms with E-state index in [-0.39, 0.29) is 0 Å². The van der Waals surface area contributed by atoms with Gasteiger partial charge in [0, 0.05) is 11.8 Å². The highest BCUT2D eigenvalue weighted by Crippen LogP contribution is 2.14. The molecular formula is C10H17N3S. The summed E-state index contributed by atoms with van der Waals surface area (Å²) in [6, 6.07) is 1.97. The van der Waals surface area contributed by atoms with E-state index in [9.17, 15) is 0 Å². The van der Waals surface area contributed by atoms with Crippen molar-refractivity contribution >= 4 is 23.3 Å². The maximum Gasteiger partial charge on any atom is 0.126 e. The summed E-state index contributed by atoms with van der Waals surface area (Å²) in [6.07, 6.45) is 3.80. The number of rotatable bonds is 4. The molecule has 1 heterocycles. The fraction of sp³-hybridized carbons (Fsp3) is 0.500. The zero-order chi connectivity index (χ0) is 10.6. The third-order valence-electron chi connectivity index (χ3n) is 2.12. The van der Waals surface area contributed by atoms with Crippen molar-refractivity contribution in [3.8, 4) is 0 Å². The number of aromatic nitrogens is 1. The van der Waals surface area contributed by atoms with Gasteiger partial charge in [-0.3, -0.25) is 0 Å². The Balaban J connectivity index is 2.55. The summed E-state index contributed by atoms with van der Waals surface area (Å²) in [5.41, 5.74) is 7.49. The van der Waals surface area contributed by atoms with Crippen LogP contribution in [0, 0.1) is 6.92 Å². The molecule has 1 aromatic heterocycles. The number of anilines is 2. The molecule has 0 amide bonds. The maximum absolute atomic E-state index is 5.68. The van der Waals surface area contributed by atoms with E-state index < -0.39 is 0 Å². The lowest BCUT2D eigenvalue weighted by Crippen LogP contribution is -2.13. The van der Waals surface area contributed by atoms with Gasteiger partial charge in [0.2, 0.25) is 0 Å². The molecule has 0 aromatic carbocycles. The lowest BCUT2D eigenvalue weighted by atomic mass is 10.2. The molecule has 0 bridgehead atoms. The molecule has 78 valence electrons. The molecule has 4 heteroatoms. The van der Waals surface area contributed by atoms with Crippen molar-refractivity contribution in [2.24, 2.45) is 0 Å². The van der Waals surface area contributed by atoms with Crippen molar-refractivity contribution < 1.29 is 0 Å². The van der Waals surface area contributed by atoms with Crippen LogP contribution in [0.2, 0.25) is 0 Å². The van der Waals surface area contributed by atoms with Crippen LogP contribution in [0.5, 0.6) is 0 Å². The van der Waals surface area contributed by atoms with E-state index in [1.165, 1.54) is 0 Å². The molecular weight excluding hydrogens is 194 g/mol. The van der Waals surface area contributed by atoms with Crippen LogP contribution in [0.4, 0.5) is 11.5 Å². The average molecular weight is 211 g/mol. The van der Waals surface area contributed by atoms with Gasteiger partial charge in [0.1, 0.15) is 5.82 Å². The molecule has 1 aromatic rings. The largest absolute Gasteiger partial charge is 0.397 e. The van der Waals surface area contributed by atoms with Crippen LogP contribution in [0.25, 0.3) is 0 Å². The molecule has 0 spiro atoms. The molecule has 0 aliphatic rings. The van der Waals surface area contributed by atoms with Gasteiger partial charge in [-0.2, -0.15) is 11.8 Å². The number of aryl methyl sites for hydroxylation is 1. The minimum atomic E-state index is 0.592. The van der Waals surface area contributed by atoms with E-state index in [1.807, 2.05) is 24.8 Å². The maximum atomic E-state index is 5.68. The normalized spacial score (nSPS) is 12.5. The minimum Gasteiger partial charge on any atom is -0.397 e. The van der Waals surface area contributed by atoms with E-state index in [4.69, 9.17) is 5.73 Å². The van der Waals surface area contributed by atoms with Crippen molar-refractivity contribution in [3.63, 3.8) is 0 Å². The van der Waals surface area contributed by atoms with Gasteiger partial charge in [0.05, 0.1) is 11.9 Å². The molecule has 3 nitrogen and oxygen atoms in total. The number of thioether (sulfide) groups is 1. The minimum absolute atomic E-state index is 0.592. The van der Waals surface area contributed by atoms with Gasteiger partial charge in [-0.1, -0.05) is 6.92 Å². The molecule has 0 saturated carbocycles. The Morgan fingerprint density at radius 3 is 2.93 bits per heavy atom. The second-order valence-corrected chi connectivity index (χ2v) is 4.63. The summed E-state index contributed by atoms with van der Waals surface area (Å²) in [6.45, 7) is 5.10. The fourth-order valence-corrected chi connectivity index (χ4v) is 1.24. The van der Waals surface area contributed by atoms with Crippen LogP contribution < -0.4 is 11.1 Å². The Bertz CT molecular complexity index is 301. The predicted molar refractivity (Wildman–Crippen MR) is 64.9 cm³/mol.